The molecule has 170 valence electrons. The Bertz CT molecular complexity index is 1600. The zero-order chi connectivity index (χ0) is 23.8. The van der Waals surface area contributed by atoms with E-state index in [1.54, 1.807) is 43.3 Å². The van der Waals surface area contributed by atoms with Crippen molar-refractivity contribution in [2.24, 2.45) is 0 Å². The number of nitrogens with zero attached hydrogens (tertiary/aromatic N) is 5. The summed E-state index contributed by atoms with van der Waals surface area (Å²) in [6, 6.07) is 16.1. The van der Waals surface area contributed by atoms with Crippen LogP contribution in [0.4, 0.5) is 5.82 Å². The molecule has 0 saturated carbocycles. The SMILES string of the molecule is CSc1ccccc1C(=O)Nc1cc(C)nn1-c1nc2c(cnn2-c2cccc(Cl)c2)c(=O)[nH]1. The molecule has 1 amide bonds. The number of fused-ring (bicyclic) bond motifs is 1. The van der Waals surface area contributed by atoms with Gasteiger partial charge in [-0.05, 0) is 43.5 Å². The van der Waals surface area contributed by atoms with E-state index in [0.29, 0.717) is 38.8 Å². The normalized spacial score (nSPS) is 11.1. The second kappa shape index (κ2) is 8.81. The first-order valence-electron chi connectivity index (χ1n) is 10.2. The zero-order valence-electron chi connectivity index (χ0n) is 18.1. The van der Waals surface area contributed by atoms with Crippen LogP contribution in [0.25, 0.3) is 22.7 Å². The van der Waals surface area contributed by atoms with E-state index in [9.17, 15) is 9.59 Å². The first kappa shape index (κ1) is 21.9. The van der Waals surface area contributed by atoms with Crippen molar-refractivity contribution in [2.45, 2.75) is 11.8 Å². The average molecular weight is 492 g/mol. The van der Waals surface area contributed by atoms with Crippen molar-refractivity contribution in [3.8, 4) is 11.6 Å². The Hall–Kier alpha value is -3.89. The van der Waals surface area contributed by atoms with Gasteiger partial charge in [0.2, 0.25) is 5.95 Å². The number of amides is 1. The molecule has 0 fully saturated rings. The minimum atomic E-state index is -0.383. The highest BCUT2D eigenvalue weighted by atomic mass is 35.5. The second-order valence-corrected chi connectivity index (χ2v) is 8.68. The summed E-state index contributed by atoms with van der Waals surface area (Å²) in [5, 5.41) is 12.5. The Morgan fingerprint density at radius 1 is 1.12 bits per heavy atom. The summed E-state index contributed by atoms with van der Waals surface area (Å²) in [7, 11) is 0. The molecule has 0 aliphatic rings. The van der Waals surface area contributed by atoms with E-state index in [-0.39, 0.29) is 17.4 Å². The quantitative estimate of drug-likeness (QED) is 0.356. The van der Waals surface area contributed by atoms with Gasteiger partial charge < -0.3 is 5.32 Å². The van der Waals surface area contributed by atoms with Gasteiger partial charge in [0.15, 0.2) is 5.65 Å². The molecule has 11 heteroatoms. The number of H-pyrrole nitrogens is 1. The van der Waals surface area contributed by atoms with Gasteiger partial charge in [0.05, 0.1) is 23.1 Å². The van der Waals surface area contributed by atoms with Crippen LogP contribution in [0, 0.1) is 6.92 Å². The van der Waals surface area contributed by atoms with E-state index in [2.05, 4.69) is 25.5 Å². The predicted molar refractivity (Wildman–Crippen MR) is 133 cm³/mol. The molecule has 0 radical (unpaired) electrons. The first-order valence-corrected chi connectivity index (χ1v) is 11.8. The summed E-state index contributed by atoms with van der Waals surface area (Å²) in [6.45, 7) is 1.79. The van der Waals surface area contributed by atoms with E-state index in [0.717, 1.165) is 4.90 Å². The Kier molecular flexibility index (Phi) is 5.68. The highest BCUT2D eigenvalue weighted by Crippen LogP contribution is 2.23. The number of thioether (sulfide) groups is 1. The smallest absolute Gasteiger partial charge is 0.263 e. The number of benzene rings is 2. The summed E-state index contributed by atoms with van der Waals surface area (Å²) >= 11 is 7.61. The van der Waals surface area contributed by atoms with Crippen LogP contribution in [0.3, 0.4) is 0 Å². The number of carbonyl (C=O) groups excluding carboxylic acids is 1. The van der Waals surface area contributed by atoms with Gasteiger partial charge in [-0.2, -0.15) is 19.9 Å². The Morgan fingerprint density at radius 2 is 1.94 bits per heavy atom. The molecule has 0 spiro atoms. The maximum absolute atomic E-state index is 13.0. The third-order valence-electron chi connectivity index (χ3n) is 5.10. The van der Waals surface area contributed by atoms with Gasteiger partial charge in [0, 0.05) is 16.0 Å². The third-order valence-corrected chi connectivity index (χ3v) is 6.13. The lowest BCUT2D eigenvalue weighted by Gasteiger charge is -2.10. The Balaban J connectivity index is 1.59. The number of anilines is 1. The number of aromatic amines is 1. The van der Waals surface area contributed by atoms with Crippen LogP contribution in [0.5, 0.6) is 0 Å². The van der Waals surface area contributed by atoms with E-state index in [1.807, 2.05) is 24.5 Å². The van der Waals surface area contributed by atoms with Gasteiger partial charge in [0.1, 0.15) is 11.2 Å². The van der Waals surface area contributed by atoms with Crippen LogP contribution >= 0.6 is 23.4 Å². The highest BCUT2D eigenvalue weighted by Gasteiger charge is 2.18. The van der Waals surface area contributed by atoms with Crippen molar-refractivity contribution < 1.29 is 4.79 Å². The fourth-order valence-corrected chi connectivity index (χ4v) is 4.35. The molecule has 5 aromatic rings. The summed E-state index contributed by atoms with van der Waals surface area (Å²) in [5.41, 5.74) is 1.78. The number of carbonyl (C=O) groups is 1. The summed E-state index contributed by atoms with van der Waals surface area (Å²) in [4.78, 5) is 34.0. The van der Waals surface area contributed by atoms with E-state index in [1.165, 1.54) is 27.3 Å². The van der Waals surface area contributed by atoms with E-state index < -0.39 is 0 Å². The van der Waals surface area contributed by atoms with Crippen molar-refractivity contribution in [1.82, 2.24) is 29.5 Å². The molecule has 5 rings (SSSR count). The van der Waals surface area contributed by atoms with Gasteiger partial charge in [-0.1, -0.05) is 29.8 Å². The minimum Gasteiger partial charge on any atom is -0.306 e. The number of rotatable bonds is 5. The lowest BCUT2D eigenvalue weighted by Crippen LogP contribution is -2.19. The van der Waals surface area contributed by atoms with Crippen LogP contribution in [0.15, 0.2) is 70.5 Å². The third kappa shape index (κ3) is 3.97. The largest absolute Gasteiger partial charge is 0.306 e. The molecule has 0 unspecified atom stereocenters. The van der Waals surface area contributed by atoms with Crippen molar-refractivity contribution in [3.63, 3.8) is 0 Å². The molecular formula is C23H18ClN7O2S. The molecule has 3 heterocycles. The monoisotopic (exact) mass is 491 g/mol. The number of aryl methyl sites for hydroxylation is 1. The van der Waals surface area contributed by atoms with E-state index >= 15 is 0 Å². The van der Waals surface area contributed by atoms with Crippen molar-refractivity contribution in [2.75, 3.05) is 11.6 Å². The van der Waals surface area contributed by atoms with Gasteiger partial charge in [-0.25, -0.2) is 4.68 Å². The molecule has 0 atom stereocenters. The maximum atomic E-state index is 13.0. The lowest BCUT2D eigenvalue weighted by atomic mass is 10.2. The van der Waals surface area contributed by atoms with Crippen LogP contribution in [-0.2, 0) is 0 Å². The van der Waals surface area contributed by atoms with Crippen molar-refractivity contribution >= 4 is 46.1 Å². The number of nitrogens with one attached hydrogen (secondary N) is 2. The summed E-state index contributed by atoms with van der Waals surface area (Å²) in [5.74, 6) is 0.219. The molecule has 9 nitrogen and oxygen atoms in total. The summed E-state index contributed by atoms with van der Waals surface area (Å²) < 4.78 is 2.92. The Labute approximate surface area is 202 Å². The van der Waals surface area contributed by atoms with Crippen LogP contribution in [-0.4, -0.2) is 41.7 Å². The Morgan fingerprint density at radius 3 is 2.74 bits per heavy atom. The fraction of sp³-hybridized carbons (Fsp3) is 0.0870. The summed E-state index contributed by atoms with van der Waals surface area (Å²) in [6.07, 6.45) is 3.36. The fourth-order valence-electron chi connectivity index (χ4n) is 3.57. The number of halogens is 1. The van der Waals surface area contributed by atoms with Crippen molar-refractivity contribution in [1.29, 1.82) is 0 Å². The zero-order valence-corrected chi connectivity index (χ0v) is 19.7. The predicted octanol–water partition coefficient (Wildman–Crippen LogP) is 4.23. The van der Waals surface area contributed by atoms with Crippen LogP contribution in [0.1, 0.15) is 16.1 Å². The van der Waals surface area contributed by atoms with Gasteiger partial charge in [0.25, 0.3) is 11.5 Å². The molecule has 34 heavy (non-hydrogen) atoms. The second-order valence-electron chi connectivity index (χ2n) is 7.40. The van der Waals surface area contributed by atoms with Crippen molar-refractivity contribution in [3.05, 3.63) is 87.4 Å². The number of hydrogen-bond acceptors (Lipinski definition) is 6. The van der Waals surface area contributed by atoms with Crippen LogP contribution < -0.4 is 10.9 Å². The molecule has 2 aromatic carbocycles. The molecule has 0 saturated heterocycles. The minimum absolute atomic E-state index is 0.142. The molecule has 0 aliphatic heterocycles. The average Bonchev–Trinajstić information content (AvgIpc) is 3.42. The topological polar surface area (TPSA) is 110 Å². The van der Waals surface area contributed by atoms with Gasteiger partial charge in [-0.3, -0.25) is 14.6 Å². The standard InChI is InChI=1S/C23H18ClN7O2S/c1-13-10-19(26-21(32)16-8-3-4-9-18(16)34-2)31(29-13)23-27-20-17(22(33)28-23)12-25-30(20)15-7-5-6-14(24)11-15/h3-12H,1-2H3,(H,26,32)(H,27,28,33). The highest BCUT2D eigenvalue weighted by molar-refractivity contribution is 7.98. The van der Waals surface area contributed by atoms with Crippen LogP contribution in [0.2, 0.25) is 5.02 Å². The number of aromatic nitrogens is 6. The molecule has 0 aliphatic carbocycles. The molecular weight excluding hydrogens is 474 g/mol. The van der Waals surface area contributed by atoms with Gasteiger partial charge in [-0.15, -0.1) is 11.8 Å². The van der Waals surface area contributed by atoms with Gasteiger partial charge >= 0.3 is 0 Å². The maximum Gasteiger partial charge on any atom is 0.263 e. The molecule has 0 bridgehead atoms. The molecule has 3 aromatic heterocycles. The lowest BCUT2D eigenvalue weighted by molar-refractivity contribution is 0.102. The first-order chi connectivity index (χ1) is 16.4. The number of hydrogen-bond donors (Lipinski definition) is 2. The molecule has 2 N–H and O–H groups in total. The van der Waals surface area contributed by atoms with E-state index in [4.69, 9.17) is 11.6 Å².